The molecule has 7 heteroatoms. The van der Waals surface area contributed by atoms with Gasteiger partial charge >= 0.3 is 6.01 Å². The van der Waals surface area contributed by atoms with E-state index in [1.54, 1.807) is 17.7 Å². The first-order valence-corrected chi connectivity index (χ1v) is 5.32. The third-order valence-electron chi connectivity index (χ3n) is 3.10. The number of hydrogen-bond acceptors (Lipinski definition) is 6. The Bertz CT molecular complexity index is 514. The van der Waals surface area contributed by atoms with Crippen LogP contribution in [-0.2, 0) is 4.74 Å². The number of ether oxygens (including phenoxy) is 2. The summed E-state index contributed by atoms with van der Waals surface area (Å²) in [5.41, 5.74) is 0.118. The minimum absolute atomic E-state index is 0.144. The molecule has 0 bridgehead atoms. The van der Waals surface area contributed by atoms with Crippen molar-refractivity contribution in [1.29, 1.82) is 0 Å². The van der Waals surface area contributed by atoms with Gasteiger partial charge in [0.2, 0.25) is 0 Å². The van der Waals surface area contributed by atoms with Gasteiger partial charge in [-0.15, -0.1) is 0 Å². The summed E-state index contributed by atoms with van der Waals surface area (Å²) in [6, 6.07) is 0.144. The normalized spacial score (nSPS) is 34.3. The van der Waals surface area contributed by atoms with E-state index in [1.807, 2.05) is 0 Å². The molecule has 1 fully saturated rings. The Hall–Kier alpha value is -1.44. The van der Waals surface area contributed by atoms with Gasteiger partial charge in [-0.05, 0) is 6.92 Å². The summed E-state index contributed by atoms with van der Waals surface area (Å²) in [5.74, 6) is 0. The Labute approximate surface area is 96.2 Å². The Balaban J connectivity index is 2.02. The quantitative estimate of drug-likeness (QED) is 0.624. The molecule has 1 saturated heterocycles. The minimum Gasteiger partial charge on any atom is -0.453 e. The molecule has 3 heterocycles. The Morgan fingerprint density at radius 2 is 2.35 bits per heavy atom. The van der Waals surface area contributed by atoms with Crippen molar-refractivity contribution < 1.29 is 19.7 Å². The van der Waals surface area contributed by atoms with Gasteiger partial charge in [0.1, 0.15) is 12.2 Å². The largest absolute Gasteiger partial charge is 0.453 e. The second-order valence-corrected chi connectivity index (χ2v) is 4.24. The summed E-state index contributed by atoms with van der Waals surface area (Å²) < 4.78 is 12.4. The zero-order valence-electron chi connectivity index (χ0n) is 9.11. The third kappa shape index (κ3) is 1.40. The number of aliphatic hydroxyl groups excluding tert-OH is 2. The van der Waals surface area contributed by atoms with Gasteiger partial charge in [0, 0.05) is 11.8 Å². The highest BCUT2D eigenvalue weighted by Gasteiger charge is 2.50. The highest BCUT2D eigenvalue weighted by atomic mass is 16.6. The Morgan fingerprint density at radius 1 is 1.59 bits per heavy atom. The molecule has 0 saturated carbocycles. The van der Waals surface area contributed by atoms with E-state index in [4.69, 9.17) is 14.6 Å². The van der Waals surface area contributed by atoms with E-state index in [-0.39, 0.29) is 18.2 Å². The van der Waals surface area contributed by atoms with Crippen molar-refractivity contribution in [2.75, 3.05) is 6.61 Å². The van der Waals surface area contributed by atoms with Crippen molar-refractivity contribution >= 4 is 0 Å². The fourth-order valence-corrected chi connectivity index (χ4v) is 2.16. The summed E-state index contributed by atoms with van der Waals surface area (Å²) in [6.45, 7) is 1.37. The van der Waals surface area contributed by atoms with Crippen LogP contribution in [0, 0.1) is 6.92 Å². The van der Waals surface area contributed by atoms with E-state index >= 15 is 0 Å². The lowest BCUT2D eigenvalue weighted by molar-refractivity contribution is -0.0435. The molecule has 0 aromatic carbocycles. The predicted octanol–water partition coefficient (Wildman–Crippen LogP) is -1.44. The maximum Gasteiger partial charge on any atom is 0.302 e. The molecule has 92 valence electrons. The van der Waals surface area contributed by atoms with Crippen molar-refractivity contribution in [3.05, 3.63) is 22.1 Å². The van der Waals surface area contributed by atoms with Gasteiger partial charge in [-0.3, -0.25) is 9.36 Å². The van der Waals surface area contributed by atoms with Crippen LogP contribution in [0.1, 0.15) is 11.8 Å². The smallest absolute Gasteiger partial charge is 0.302 e. The van der Waals surface area contributed by atoms with Gasteiger partial charge in [-0.2, -0.15) is 4.98 Å². The maximum absolute atomic E-state index is 11.4. The molecule has 0 amide bonds. The molecule has 2 aliphatic rings. The molecular formula is C10H12N2O5. The summed E-state index contributed by atoms with van der Waals surface area (Å²) in [6.07, 6.45) is -1.17. The molecule has 0 radical (unpaired) electrons. The maximum atomic E-state index is 11.4. The predicted molar refractivity (Wildman–Crippen MR) is 54.7 cm³/mol. The van der Waals surface area contributed by atoms with Crippen LogP contribution in [0.5, 0.6) is 6.01 Å². The van der Waals surface area contributed by atoms with E-state index in [2.05, 4.69) is 4.98 Å². The zero-order valence-corrected chi connectivity index (χ0v) is 9.11. The van der Waals surface area contributed by atoms with Crippen LogP contribution in [-0.4, -0.2) is 44.7 Å². The molecule has 0 aliphatic carbocycles. The average molecular weight is 240 g/mol. The van der Waals surface area contributed by atoms with Gasteiger partial charge in [0.25, 0.3) is 5.56 Å². The van der Waals surface area contributed by atoms with Gasteiger partial charge < -0.3 is 19.7 Å². The summed E-state index contributed by atoms with van der Waals surface area (Å²) in [4.78, 5) is 15.1. The molecule has 3 rings (SSSR count). The Morgan fingerprint density at radius 3 is 3.06 bits per heavy atom. The monoisotopic (exact) mass is 240 g/mol. The first-order valence-electron chi connectivity index (χ1n) is 5.32. The van der Waals surface area contributed by atoms with Crippen molar-refractivity contribution in [2.24, 2.45) is 0 Å². The van der Waals surface area contributed by atoms with E-state index in [0.29, 0.717) is 5.56 Å². The standard InChI is InChI=1S/C10H12N2O5/c1-4-2-12-9-7(6(14)5(3-13)16-9)17-10(12)11-8(4)15/h2,5-7,9,13-14H,3H2,1H3/t5?,6-,7+,9-/m1/s1. The van der Waals surface area contributed by atoms with Crippen LogP contribution >= 0.6 is 0 Å². The van der Waals surface area contributed by atoms with Gasteiger partial charge in [-0.25, -0.2) is 0 Å². The van der Waals surface area contributed by atoms with Crippen molar-refractivity contribution in [3.8, 4) is 6.01 Å². The van der Waals surface area contributed by atoms with Crippen LogP contribution in [0.3, 0.4) is 0 Å². The minimum atomic E-state index is -0.929. The molecule has 2 N–H and O–H groups in total. The van der Waals surface area contributed by atoms with Crippen LogP contribution in [0.4, 0.5) is 0 Å². The number of rotatable bonds is 1. The average Bonchev–Trinajstić information content (AvgIpc) is 2.78. The highest BCUT2D eigenvalue weighted by Crippen LogP contribution is 2.38. The fraction of sp³-hybridized carbons (Fsp3) is 0.600. The third-order valence-corrected chi connectivity index (χ3v) is 3.10. The number of fused-ring (bicyclic) bond motifs is 3. The topological polar surface area (TPSA) is 93.8 Å². The molecule has 1 aromatic heterocycles. The first kappa shape index (κ1) is 10.7. The van der Waals surface area contributed by atoms with E-state index in [1.165, 1.54) is 0 Å². The zero-order chi connectivity index (χ0) is 12.2. The lowest BCUT2D eigenvalue weighted by atomic mass is 10.1. The lowest BCUT2D eigenvalue weighted by Gasteiger charge is -2.14. The SMILES string of the molecule is Cc1cn2c(nc1=O)O[C@H]1[C@H](O)C(CO)O[C@H]12. The molecule has 2 aliphatic heterocycles. The van der Waals surface area contributed by atoms with Crippen LogP contribution < -0.4 is 10.3 Å². The molecule has 1 aromatic rings. The summed E-state index contributed by atoms with van der Waals surface area (Å²) >= 11 is 0. The number of aromatic nitrogens is 2. The number of nitrogens with zero attached hydrogens (tertiary/aromatic N) is 2. The highest BCUT2D eigenvalue weighted by molar-refractivity contribution is 5.15. The van der Waals surface area contributed by atoms with Crippen molar-refractivity contribution in [1.82, 2.24) is 9.55 Å². The molecule has 7 nitrogen and oxygen atoms in total. The number of aryl methyl sites for hydroxylation is 1. The van der Waals surface area contributed by atoms with E-state index < -0.39 is 24.5 Å². The molecular weight excluding hydrogens is 228 g/mol. The second-order valence-electron chi connectivity index (χ2n) is 4.24. The summed E-state index contributed by atoms with van der Waals surface area (Å²) in [7, 11) is 0. The van der Waals surface area contributed by atoms with Crippen molar-refractivity contribution in [3.63, 3.8) is 0 Å². The molecule has 4 atom stereocenters. The van der Waals surface area contributed by atoms with Crippen LogP contribution in [0.15, 0.2) is 11.0 Å². The van der Waals surface area contributed by atoms with Gasteiger partial charge in [0.15, 0.2) is 12.3 Å². The first-order chi connectivity index (χ1) is 8.11. The van der Waals surface area contributed by atoms with E-state index in [0.717, 1.165) is 0 Å². The van der Waals surface area contributed by atoms with Gasteiger partial charge in [0.05, 0.1) is 6.61 Å². The van der Waals surface area contributed by atoms with Gasteiger partial charge in [-0.1, -0.05) is 0 Å². The molecule has 1 unspecified atom stereocenters. The second kappa shape index (κ2) is 3.52. The van der Waals surface area contributed by atoms with Crippen molar-refractivity contribution in [2.45, 2.75) is 31.5 Å². The number of aliphatic hydroxyl groups is 2. The molecule has 0 spiro atoms. The Kier molecular flexibility index (Phi) is 2.22. The molecule has 17 heavy (non-hydrogen) atoms. The van der Waals surface area contributed by atoms with Crippen LogP contribution in [0.25, 0.3) is 0 Å². The van der Waals surface area contributed by atoms with Crippen LogP contribution in [0.2, 0.25) is 0 Å². The van der Waals surface area contributed by atoms with E-state index in [9.17, 15) is 9.90 Å². The summed E-state index contributed by atoms with van der Waals surface area (Å²) in [5, 5.41) is 18.9. The lowest BCUT2D eigenvalue weighted by Crippen LogP contribution is -2.34. The number of hydrogen-bond donors (Lipinski definition) is 2. The fourth-order valence-electron chi connectivity index (χ4n) is 2.16.